The van der Waals surface area contributed by atoms with Crippen molar-refractivity contribution in [3.63, 3.8) is 0 Å². The summed E-state index contributed by atoms with van der Waals surface area (Å²) < 4.78 is 0. The van der Waals surface area contributed by atoms with Gasteiger partial charge in [0.05, 0.1) is 6.07 Å². The highest BCUT2D eigenvalue weighted by Crippen LogP contribution is 2.53. The van der Waals surface area contributed by atoms with Gasteiger partial charge in [0.1, 0.15) is 6.42 Å². The molecule has 0 unspecified atom stereocenters. The third kappa shape index (κ3) is 2.04. The van der Waals surface area contributed by atoms with Crippen molar-refractivity contribution in [1.82, 2.24) is 10.9 Å². The molecule has 4 saturated carbocycles. The summed E-state index contributed by atoms with van der Waals surface area (Å²) in [5.41, 5.74) is 5.90. The fourth-order valence-corrected chi connectivity index (χ4v) is 4.44. The number of nitrogens with zero attached hydrogens (tertiary/aromatic N) is 1. The number of hydrazine groups is 1. The van der Waals surface area contributed by atoms with Crippen LogP contribution in [-0.4, -0.2) is 11.9 Å². The predicted molar refractivity (Wildman–Crippen MR) is 62.3 cm³/mol. The van der Waals surface area contributed by atoms with E-state index in [0.29, 0.717) is 6.04 Å². The molecule has 4 rings (SSSR count). The first-order valence-electron chi connectivity index (χ1n) is 6.67. The molecule has 0 aliphatic heterocycles. The van der Waals surface area contributed by atoms with E-state index in [1.54, 1.807) is 0 Å². The monoisotopic (exact) mass is 233 g/mol. The molecule has 0 spiro atoms. The van der Waals surface area contributed by atoms with Gasteiger partial charge in [-0.15, -0.1) is 0 Å². The van der Waals surface area contributed by atoms with Gasteiger partial charge < -0.3 is 0 Å². The van der Waals surface area contributed by atoms with Crippen LogP contribution in [-0.2, 0) is 4.79 Å². The number of carbonyl (C=O) groups excluding carboxylic acids is 1. The van der Waals surface area contributed by atoms with E-state index < -0.39 is 0 Å². The number of hydrogen-bond acceptors (Lipinski definition) is 3. The van der Waals surface area contributed by atoms with E-state index in [1.807, 2.05) is 6.07 Å². The molecule has 0 heterocycles. The number of amides is 1. The van der Waals surface area contributed by atoms with E-state index in [-0.39, 0.29) is 12.3 Å². The molecule has 4 aliphatic carbocycles. The minimum absolute atomic E-state index is 0.0553. The van der Waals surface area contributed by atoms with Crippen molar-refractivity contribution < 1.29 is 4.79 Å². The summed E-state index contributed by atoms with van der Waals surface area (Å²) in [6.45, 7) is 0. The largest absolute Gasteiger partial charge is 0.290 e. The molecule has 0 saturated heterocycles. The molecular weight excluding hydrogens is 214 g/mol. The average molecular weight is 233 g/mol. The van der Waals surface area contributed by atoms with Gasteiger partial charge in [0.15, 0.2) is 0 Å². The Morgan fingerprint density at radius 3 is 2.24 bits per heavy atom. The van der Waals surface area contributed by atoms with Crippen molar-refractivity contribution in [3.05, 3.63) is 0 Å². The van der Waals surface area contributed by atoms with Crippen LogP contribution in [0.25, 0.3) is 0 Å². The molecule has 4 heteroatoms. The minimum Gasteiger partial charge on any atom is -0.290 e. The van der Waals surface area contributed by atoms with E-state index in [1.165, 1.54) is 32.1 Å². The summed E-state index contributed by atoms with van der Waals surface area (Å²) in [6, 6.07) is 2.32. The lowest BCUT2D eigenvalue weighted by atomic mass is 9.54. The zero-order chi connectivity index (χ0) is 11.8. The average Bonchev–Trinajstić information content (AvgIpc) is 2.27. The van der Waals surface area contributed by atoms with E-state index in [4.69, 9.17) is 5.26 Å². The summed E-state index contributed by atoms with van der Waals surface area (Å²) in [6.07, 6.45) is 6.72. The molecule has 4 nitrogen and oxygen atoms in total. The summed E-state index contributed by atoms with van der Waals surface area (Å²) in [7, 11) is 0. The lowest BCUT2D eigenvalue weighted by Gasteiger charge is -2.54. The highest BCUT2D eigenvalue weighted by Gasteiger charge is 2.48. The summed E-state index contributed by atoms with van der Waals surface area (Å²) >= 11 is 0. The van der Waals surface area contributed by atoms with Crippen molar-refractivity contribution >= 4 is 5.91 Å². The Hall–Kier alpha value is -1.08. The normalized spacial score (nSPS) is 42.2. The third-order valence-electron chi connectivity index (χ3n) is 4.84. The molecule has 1 amide bonds. The number of carbonyl (C=O) groups is 1. The van der Waals surface area contributed by atoms with Crippen LogP contribution in [0.2, 0.25) is 0 Å². The lowest BCUT2D eigenvalue weighted by molar-refractivity contribution is -0.122. The van der Waals surface area contributed by atoms with Crippen LogP contribution in [0.4, 0.5) is 0 Å². The predicted octanol–water partition coefficient (Wildman–Crippen LogP) is 1.35. The van der Waals surface area contributed by atoms with Gasteiger partial charge in [-0.2, -0.15) is 5.26 Å². The molecule has 4 bridgehead atoms. The van der Waals surface area contributed by atoms with Crippen molar-refractivity contribution in [1.29, 1.82) is 5.26 Å². The van der Waals surface area contributed by atoms with Crippen LogP contribution < -0.4 is 10.9 Å². The highest BCUT2D eigenvalue weighted by molar-refractivity contribution is 5.77. The van der Waals surface area contributed by atoms with Gasteiger partial charge in [0.25, 0.3) is 0 Å². The molecule has 2 N–H and O–H groups in total. The molecule has 0 atom stereocenters. The van der Waals surface area contributed by atoms with Crippen LogP contribution in [0.3, 0.4) is 0 Å². The molecule has 17 heavy (non-hydrogen) atoms. The number of rotatable bonds is 3. The first-order chi connectivity index (χ1) is 8.26. The van der Waals surface area contributed by atoms with Crippen molar-refractivity contribution in [2.45, 2.75) is 44.6 Å². The van der Waals surface area contributed by atoms with E-state index in [2.05, 4.69) is 10.9 Å². The molecule has 4 fully saturated rings. The Morgan fingerprint density at radius 1 is 1.12 bits per heavy atom. The standard InChI is InChI=1S/C13H19N3O/c14-2-1-12(17)15-16-13-10-4-8-3-9(6-10)7-11(13)5-8/h8-11,13,16H,1,3-7H2,(H,15,17). The maximum atomic E-state index is 11.3. The molecule has 0 aromatic rings. The van der Waals surface area contributed by atoms with E-state index in [0.717, 1.165) is 23.7 Å². The summed E-state index contributed by atoms with van der Waals surface area (Å²) in [5.74, 6) is 3.18. The SMILES string of the molecule is N#CCC(=O)NNC1C2CC3CC(C2)CC1C3. The molecule has 0 aromatic carbocycles. The quantitative estimate of drug-likeness (QED) is 0.723. The molecular formula is C13H19N3O. The number of nitriles is 1. The van der Waals surface area contributed by atoms with Gasteiger partial charge in [-0.05, 0) is 55.8 Å². The summed E-state index contributed by atoms with van der Waals surface area (Å²) in [4.78, 5) is 11.3. The second-order valence-electron chi connectivity index (χ2n) is 5.98. The Morgan fingerprint density at radius 2 is 1.71 bits per heavy atom. The third-order valence-corrected chi connectivity index (χ3v) is 4.84. The number of hydrogen-bond donors (Lipinski definition) is 2. The van der Waals surface area contributed by atoms with Gasteiger partial charge in [0, 0.05) is 6.04 Å². The van der Waals surface area contributed by atoms with Gasteiger partial charge in [-0.1, -0.05) is 0 Å². The van der Waals surface area contributed by atoms with Crippen LogP contribution in [0.5, 0.6) is 0 Å². The maximum absolute atomic E-state index is 11.3. The molecule has 92 valence electrons. The highest BCUT2D eigenvalue weighted by atomic mass is 16.2. The first kappa shape index (κ1) is 11.0. The maximum Gasteiger partial charge on any atom is 0.248 e. The second-order valence-corrected chi connectivity index (χ2v) is 5.98. The van der Waals surface area contributed by atoms with Gasteiger partial charge in [-0.3, -0.25) is 10.2 Å². The van der Waals surface area contributed by atoms with Crippen molar-refractivity contribution in [3.8, 4) is 6.07 Å². The van der Waals surface area contributed by atoms with E-state index in [9.17, 15) is 4.79 Å². The fraction of sp³-hybridized carbons (Fsp3) is 0.846. The Bertz CT molecular complexity index is 332. The molecule has 4 aliphatic rings. The van der Waals surface area contributed by atoms with Gasteiger partial charge in [0.2, 0.25) is 5.91 Å². The Labute approximate surface area is 102 Å². The Balaban J connectivity index is 1.57. The topological polar surface area (TPSA) is 64.9 Å². The molecule has 0 radical (unpaired) electrons. The summed E-state index contributed by atoms with van der Waals surface area (Å²) in [5, 5.41) is 8.44. The van der Waals surface area contributed by atoms with Gasteiger partial charge in [-0.25, -0.2) is 5.43 Å². The smallest absolute Gasteiger partial charge is 0.248 e. The van der Waals surface area contributed by atoms with Crippen LogP contribution in [0.15, 0.2) is 0 Å². The van der Waals surface area contributed by atoms with Crippen LogP contribution in [0, 0.1) is 35.0 Å². The second kappa shape index (κ2) is 4.30. The first-order valence-corrected chi connectivity index (χ1v) is 6.67. The Kier molecular flexibility index (Phi) is 2.79. The van der Waals surface area contributed by atoms with Crippen LogP contribution >= 0.6 is 0 Å². The number of nitrogens with one attached hydrogen (secondary N) is 2. The zero-order valence-electron chi connectivity index (χ0n) is 9.98. The zero-order valence-corrected chi connectivity index (χ0v) is 9.98. The minimum atomic E-state index is -0.207. The molecule has 0 aromatic heterocycles. The van der Waals surface area contributed by atoms with Crippen molar-refractivity contribution in [2.24, 2.45) is 23.7 Å². The lowest BCUT2D eigenvalue weighted by Crippen LogP contribution is -2.58. The fourth-order valence-electron chi connectivity index (χ4n) is 4.44. The van der Waals surface area contributed by atoms with Crippen LogP contribution in [0.1, 0.15) is 38.5 Å². The van der Waals surface area contributed by atoms with Gasteiger partial charge >= 0.3 is 0 Å². The van der Waals surface area contributed by atoms with Crippen molar-refractivity contribution in [2.75, 3.05) is 0 Å². The van der Waals surface area contributed by atoms with E-state index >= 15 is 0 Å².